The van der Waals surface area contributed by atoms with E-state index in [9.17, 15) is 13.2 Å². The molecule has 0 spiro atoms. The number of para-hydroxylation sites is 1. The van der Waals surface area contributed by atoms with Gasteiger partial charge in [0.05, 0.1) is 7.11 Å². The van der Waals surface area contributed by atoms with Gasteiger partial charge in [0.15, 0.2) is 5.75 Å². The lowest BCUT2D eigenvalue weighted by Gasteiger charge is -2.29. The fraction of sp³-hybridized carbons (Fsp3) is 0.536. The van der Waals surface area contributed by atoms with Crippen molar-refractivity contribution in [1.29, 1.82) is 0 Å². The fourth-order valence-electron chi connectivity index (χ4n) is 4.00. The standard InChI is InChI=1S/C28H42N2O5S/c1-17(2)20-13-12-14-21(18(3)4)24(20)29-26(31)30-36(32,33)35-25-22(27(5,6)7)15-19(34-11)16-23(25)28(8,9)10/h12-18H,1-11H3,(H2,29,30,31). The van der Waals surface area contributed by atoms with Gasteiger partial charge in [-0.25, -0.2) is 9.52 Å². The van der Waals surface area contributed by atoms with Crippen LogP contribution >= 0.6 is 0 Å². The zero-order valence-corrected chi connectivity index (χ0v) is 24.3. The number of benzene rings is 2. The summed E-state index contributed by atoms with van der Waals surface area (Å²) in [5.41, 5.74) is 2.87. The van der Waals surface area contributed by atoms with Crippen molar-refractivity contribution >= 4 is 22.0 Å². The number of rotatable bonds is 7. The van der Waals surface area contributed by atoms with Crippen LogP contribution in [0.15, 0.2) is 30.3 Å². The van der Waals surface area contributed by atoms with Gasteiger partial charge in [-0.05, 0) is 45.9 Å². The Hall–Kier alpha value is -2.74. The minimum absolute atomic E-state index is 0.134. The second-order valence-corrected chi connectivity index (χ2v) is 13.0. The number of hydrogen-bond acceptors (Lipinski definition) is 5. The van der Waals surface area contributed by atoms with Crippen molar-refractivity contribution in [2.24, 2.45) is 0 Å². The number of carbonyl (C=O) groups is 1. The predicted octanol–water partition coefficient (Wildman–Crippen LogP) is 6.98. The van der Waals surface area contributed by atoms with Crippen molar-refractivity contribution in [1.82, 2.24) is 4.72 Å². The number of ether oxygens (including phenoxy) is 1. The molecule has 0 saturated heterocycles. The molecule has 2 amide bonds. The van der Waals surface area contributed by atoms with E-state index in [-0.39, 0.29) is 17.6 Å². The van der Waals surface area contributed by atoms with Gasteiger partial charge in [0.2, 0.25) is 0 Å². The van der Waals surface area contributed by atoms with E-state index in [1.54, 1.807) is 19.2 Å². The molecule has 8 heteroatoms. The Balaban J connectivity index is 2.48. The highest BCUT2D eigenvalue weighted by Crippen LogP contribution is 2.43. The fourth-order valence-corrected chi connectivity index (χ4v) is 4.72. The number of carbonyl (C=O) groups excluding carboxylic acids is 1. The molecule has 36 heavy (non-hydrogen) atoms. The molecule has 7 nitrogen and oxygen atoms in total. The van der Waals surface area contributed by atoms with Crippen LogP contribution in [0.1, 0.15) is 103 Å². The normalized spacial score (nSPS) is 12.6. The van der Waals surface area contributed by atoms with Gasteiger partial charge in [0, 0.05) is 16.8 Å². The number of urea groups is 1. The van der Waals surface area contributed by atoms with Gasteiger partial charge in [0.1, 0.15) is 5.75 Å². The molecule has 0 fully saturated rings. The van der Waals surface area contributed by atoms with Crippen molar-refractivity contribution in [3.05, 3.63) is 52.6 Å². The lowest BCUT2D eigenvalue weighted by Crippen LogP contribution is -2.38. The highest BCUT2D eigenvalue weighted by molar-refractivity contribution is 7.85. The number of amides is 2. The van der Waals surface area contributed by atoms with Gasteiger partial charge in [-0.2, -0.15) is 8.42 Å². The molecule has 2 aromatic rings. The number of anilines is 1. The Morgan fingerprint density at radius 3 is 1.67 bits per heavy atom. The lowest BCUT2D eigenvalue weighted by molar-refractivity contribution is 0.255. The van der Waals surface area contributed by atoms with Gasteiger partial charge in [0.25, 0.3) is 0 Å². The Bertz CT molecular complexity index is 1140. The monoisotopic (exact) mass is 518 g/mol. The lowest BCUT2D eigenvalue weighted by atomic mass is 9.79. The van der Waals surface area contributed by atoms with E-state index in [0.717, 1.165) is 11.1 Å². The van der Waals surface area contributed by atoms with E-state index in [1.807, 2.05) is 92.2 Å². The Morgan fingerprint density at radius 2 is 1.31 bits per heavy atom. The third kappa shape index (κ3) is 7.15. The van der Waals surface area contributed by atoms with Gasteiger partial charge in [-0.1, -0.05) is 87.4 Å². The molecule has 0 heterocycles. The SMILES string of the molecule is COc1cc(C(C)(C)C)c(OS(=O)(=O)NC(=O)Nc2c(C(C)C)cccc2C(C)C)c(C(C)(C)C)c1. The van der Waals surface area contributed by atoms with Crippen LogP contribution in [0.25, 0.3) is 0 Å². The second kappa shape index (κ2) is 10.7. The van der Waals surface area contributed by atoms with Gasteiger partial charge in [-0.15, -0.1) is 0 Å². The van der Waals surface area contributed by atoms with Crippen molar-refractivity contribution in [2.75, 3.05) is 12.4 Å². The molecular weight excluding hydrogens is 476 g/mol. The molecule has 200 valence electrons. The summed E-state index contributed by atoms with van der Waals surface area (Å²) in [5.74, 6) is 1.07. The van der Waals surface area contributed by atoms with E-state index < -0.39 is 27.2 Å². The summed E-state index contributed by atoms with van der Waals surface area (Å²) in [5, 5.41) is 2.76. The molecule has 2 N–H and O–H groups in total. The molecule has 2 aromatic carbocycles. The van der Waals surface area contributed by atoms with E-state index in [1.165, 1.54) is 0 Å². The van der Waals surface area contributed by atoms with Crippen LogP contribution in [0.2, 0.25) is 0 Å². The molecule has 0 unspecified atom stereocenters. The Morgan fingerprint density at radius 1 is 0.861 bits per heavy atom. The quantitative estimate of drug-likeness (QED) is 0.412. The molecule has 0 radical (unpaired) electrons. The van der Waals surface area contributed by atoms with Crippen LogP contribution < -0.4 is 19.0 Å². The third-order valence-corrected chi connectivity index (χ3v) is 6.76. The molecular formula is C28H42N2O5S. The van der Waals surface area contributed by atoms with Gasteiger partial charge < -0.3 is 14.2 Å². The average molecular weight is 519 g/mol. The molecule has 0 saturated carbocycles. The highest BCUT2D eigenvalue weighted by atomic mass is 32.2. The zero-order chi connectivity index (χ0) is 27.6. The maximum atomic E-state index is 13.1. The summed E-state index contributed by atoms with van der Waals surface area (Å²) in [6.45, 7) is 19.9. The average Bonchev–Trinajstić information content (AvgIpc) is 2.71. The minimum Gasteiger partial charge on any atom is -0.497 e. The summed E-state index contributed by atoms with van der Waals surface area (Å²) in [4.78, 5) is 12.9. The van der Waals surface area contributed by atoms with E-state index in [4.69, 9.17) is 8.92 Å². The van der Waals surface area contributed by atoms with E-state index in [2.05, 4.69) is 5.32 Å². The van der Waals surface area contributed by atoms with Crippen molar-refractivity contribution in [3.8, 4) is 11.5 Å². The molecule has 0 atom stereocenters. The van der Waals surface area contributed by atoms with Crippen molar-refractivity contribution in [2.45, 2.75) is 91.9 Å². The molecule has 0 aliphatic rings. The molecule has 0 aromatic heterocycles. The first-order valence-corrected chi connectivity index (χ1v) is 13.7. The number of methoxy groups -OCH3 is 1. The number of hydrogen-bond donors (Lipinski definition) is 2. The third-order valence-electron chi connectivity index (χ3n) is 5.94. The van der Waals surface area contributed by atoms with Crippen LogP contribution in [-0.2, 0) is 21.1 Å². The van der Waals surface area contributed by atoms with Crippen LogP contribution in [0.3, 0.4) is 0 Å². The van der Waals surface area contributed by atoms with Gasteiger partial charge in [-0.3, -0.25) is 0 Å². The first-order chi connectivity index (χ1) is 16.4. The van der Waals surface area contributed by atoms with E-state index in [0.29, 0.717) is 22.6 Å². The molecule has 2 rings (SSSR count). The number of nitrogens with one attached hydrogen (secondary N) is 2. The first-order valence-electron chi connectivity index (χ1n) is 12.3. The summed E-state index contributed by atoms with van der Waals surface area (Å²) < 4.78 is 39.4. The second-order valence-electron chi connectivity index (χ2n) is 11.8. The predicted molar refractivity (Wildman–Crippen MR) is 147 cm³/mol. The van der Waals surface area contributed by atoms with Crippen LogP contribution in [0.5, 0.6) is 11.5 Å². The summed E-state index contributed by atoms with van der Waals surface area (Å²) in [7, 11) is -2.94. The van der Waals surface area contributed by atoms with Crippen LogP contribution in [0.4, 0.5) is 10.5 Å². The maximum Gasteiger partial charge on any atom is 0.411 e. The molecule has 0 aliphatic carbocycles. The zero-order valence-electron chi connectivity index (χ0n) is 23.5. The summed E-state index contributed by atoms with van der Waals surface area (Å²) in [6, 6.07) is 8.47. The van der Waals surface area contributed by atoms with Crippen LogP contribution in [0, 0.1) is 0 Å². The largest absolute Gasteiger partial charge is 0.497 e. The van der Waals surface area contributed by atoms with Crippen molar-refractivity contribution in [3.63, 3.8) is 0 Å². The van der Waals surface area contributed by atoms with Crippen molar-refractivity contribution < 1.29 is 22.1 Å². The summed E-state index contributed by atoms with van der Waals surface area (Å²) >= 11 is 0. The molecule has 0 aliphatic heterocycles. The maximum absolute atomic E-state index is 13.1. The van der Waals surface area contributed by atoms with Gasteiger partial charge >= 0.3 is 16.3 Å². The van der Waals surface area contributed by atoms with Crippen LogP contribution in [-0.4, -0.2) is 21.6 Å². The topological polar surface area (TPSA) is 93.7 Å². The van der Waals surface area contributed by atoms with E-state index >= 15 is 0 Å². The highest BCUT2D eigenvalue weighted by Gasteiger charge is 2.32. The Kier molecular flexibility index (Phi) is 8.77. The summed E-state index contributed by atoms with van der Waals surface area (Å²) in [6.07, 6.45) is 0. The smallest absolute Gasteiger partial charge is 0.411 e. The molecule has 0 bridgehead atoms. The minimum atomic E-state index is -4.51. The Labute approximate surface area is 217 Å². The first kappa shape index (κ1) is 29.5.